The van der Waals surface area contributed by atoms with Gasteiger partial charge in [-0.25, -0.2) is 9.78 Å². The summed E-state index contributed by atoms with van der Waals surface area (Å²) in [5.74, 6) is 1.30. The van der Waals surface area contributed by atoms with E-state index in [1.54, 1.807) is 32.2 Å². The number of benzene rings is 2. The Labute approximate surface area is 202 Å². The van der Waals surface area contributed by atoms with E-state index in [9.17, 15) is 9.59 Å². The molecule has 10 heteroatoms. The smallest absolute Gasteiger partial charge is 0.325 e. The fourth-order valence-corrected chi connectivity index (χ4v) is 4.76. The largest absolute Gasteiger partial charge is 0.495 e. The molecule has 0 bridgehead atoms. The summed E-state index contributed by atoms with van der Waals surface area (Å²) in [6.45, 7) is 4.36. The standard InChI is InChI=1S/C24H27N5O4S/c1-16-21(34-24(25-16)27-23(31)26-17-8-4-6-10-19(17)32-2)22(30)29-14-12-28(13-15-29)18-9-5-7-11-20(18)33-3/h4-11H,12-15H2,1-3H3,(H2,25,26,27,31). The molecule has 2 N–H and O–H groups in total. The van der Waals surface area contributed by atoms with Crippen molar-refractivity contribution in [3.8, 4) is 11.5 Å². The minimum Gasteiger partial charge on any atom is -0.495 e. The molecule has 0 spiro atoms. The number of hydrogen-bond donors (Lipinski definition) is 2. The second kappa shape index (κ2) is 10.4. The molecule has 9 nitrogen and oxygen atoms in total. The quantitative estimate of drug-likeness (QED) is 0.551. The summed E-state index contributed by atoms with van der Waals surface area (Å²) >= 11 is 1.17. The molecule has 3 aromatic rings. The maximum Gasteiger partial charge on any atom is 0.325 e. The predicted octanol–water partition coefficient (Wildman–Crippen LogP) is 4.08. The summed E-state index contributed by atoms with van der Waals surface area (Å²) < 4.78 is 10.7. The molecule has 0 aliphatic carbocycles. The highest BCUT2D eigenvalue weighted by Gasteiger charge is 2.27. The Bertz CT molecular complexity index is 1170. The lowest BCUT2D eigenvalue weighted by molar-refractivity contribution is 0.0750. The average Bonchev–Trinajstić information content (AvgIpc) is 3.23. The van der Waals surface area contributed by atoms with Crippen LogP contribution in [0.5, 0.6) is 11.5 Å². The highest BCUT2D eigenvalue weighted by Crippen LogP contribution is 2.30. The Morgan fingerprint density at radius 3 is 2.26 bits per heavy atom. The average molecular weight is 482 g/mol. The number of urea groups is 1. The maximum atomic E-state index is 13.2. The Kier molecular flexibility index (Phi) is 7.17. The highest BCUT2D eigenvalue weighted by atomic mass is 32.1. The monoisotopic (exact) mass is 481 g/mol. The topological polar surface area (TPSA) is 96.0 Å². The molecule has 0 atom stereocenters. The fraction of sp³-hybridized carbons (Fsp3) is 0.292. The van der Waals surface area contributed by atoms with E-state index in [1.165, 1.54) is 18.4 Å². The molecular weight excluding hydrogens is 454 g/mol. The van der Waals surface area contributed by atoms with Gasteiger partial charge in [-0.05, 0) is 31.2 Å². The summed E-state index contributed by atoms with van der Waals surface area (Å²) in [7, 11) is 3.20. The molecule has 1 aromatic heterocycles. The van der Waals surface area contributed by atoms with E-state index in [0.29, 0.717) is 53.3 Å². The van der Waals surface area contributed by atoms with Crippen molar-refractivity contribution in [2.24, 2.45) is 0 Å². The van der Waals surface area contributed by atoms with Gasteiger partial charge in [0.25, 0.3) is 5.91 Å². The van der Waals surface area contributed by atoms with E-state index in [4.69, 9.17) is 9.47 Å². The number of hydrogen-bond acceptors (Lipinski definition) is 7. The summed E-state index contributed by atoms with van der Waals surface area (Å²) in [5.41, 5.74) is 2.16. The van der Waals surface area contributed by atoms with Crippen LogP contribution in [0.25, 0.3) is 0 Å². The zero-order valence-corrected chi connectivity index (χ0v) is 20.1. The number of methoxy groups -OCH3 is 2. The van der Waals surface area contributed by atoms with Gasteiger partial charge in [0.1, 0.15) is 16.4 Å². The number of nitrogens with zero attached hydrogens (tertiary/aromatic N) is 3. The van der Waals surface area contributed by atoms with Gasteiger partial charge in [-0.2, -0.15) is 0 Å². The number of rotatable bonds is 6. The summed E-state index contributed by atoms with van der Waals surface area (Å²) in [6, 6.07) is 14.5. The summed E-state index contributed by atoms with van der Waals surface area (Å²) in [4.78, 5) is 34.6. The van der Waals surface area contributed by atoms with E-state index < -0.39 is 6.03 Å². The van der Waals surface area contributed by atoms with Gasteiger partial charge in [0.2, 0.25) is 0 Å². The molecule has 0 saturated carbocycles. The number of para-hydroxylation sites is 4. The Morgan fingerprint density at radius 2 is 1.56 bits per heavy atom. The molecular formula is C24H27N5O4S. The Hall–Kier alpha value is -3.79. The van der Waals surface area contributed by atoms with Gasteiger partial charge in [0.05, 0.1) is 31.3 Å². The molecule has 2 heterocycles. The van der Waals surface area contributed by atoms with Crippen molar-refractivity contribution in [3.05, 3.63) is 59.1 Å². The number of aryl methyl sites for hydroxylation is 1. The predicted molar refractivity (Wildman–Crippen MR) is 134 cm³/mol. The SMILES string of the molecule is COc1ccccc1NC(=O)Nc1nc(C)c(C(=O)N2CCN(c3ccccc3OC)CC2)s1. The van der Waals surface area contributed by atoms with Crippen LogP contribution in [0.3, 0.4) is 0 Å². The first-order valence-electron chi connectivity index (χ1n) is 10.9. The van der Waals surface area contributed by atoms with Crippen LogP contribution in [-0.4, -0.2) is 62.2 Å². The molecule has 178 valence electrons. The third-order valence-electron chi connectivity index (χ3n) is 5.56. The van der Waals surface area contributed by atoms with E-state index in [0.717, 1.165) is 11.4 Å². The fourth-order valence-electron chi connectivity index (χ4n) is 3.83. The number of piperazine rings is 1. The van der Waals surface area contributed by atoms with E-state index in [2.05, 4.69) is 20.5 Å². The zero-order valence-electron chi connectivity index (χ0n) is 19.3. The van der Waals surface area contributed by atoms with Crippen molar-refractivity contribution in [1.82, 2.24) is 9.88 Å². The van der Waals surface area contributed by atoms with Crippen LogP contribution in [0.1, 0.15) is 15.4 Å². The Morgan fingerprint density at radius 1 is 0.912 bits per heavy atom. The molecule has 1 aliphatic heterocycles. The first-order valence-corrected chi connectivity index (χ1v) is 11.7. The van der Waals surface area contributed by atoms with Crippen molar-refractivity contribution in [2.45, 2.75) is 6.92 Å². The van der Waals surface area contributed by atoms with Crippen LogP contribution in [-0.2, 0) is 0 Å². The van der Waals surface area contributed by atoms with Gasteiger partial charge in [0.15, 0.2) is 5.13 Å². The number of thiazole rings is 1. The maximum absolute atomic E-state index is 13.2. The molecule has 1 aliphatic rings. The molecule has 3 amide bonds. The molecule has 0 unspecified atom stereocenters. The number of carbonyl (C=O) groups is 2. The van der Waals surface area contributed by atoms with Gasteiger partial charge in [-0.15, -0.1) is 0 Å². The van der Waals surface area contributed by atoms with Crippen molar-refractivity contribution < 1.29 is 19.1 Å². The molecule has 1 saturated heterocycles. The summed E-state index contributed by atoms with van der Waals surface area (Å²) in [5, 5.41) is 5.81. The van der Waals surface area contributed by atoms with Crippen LogP contribution < -0.4 is 25.0 Å². The zero-order chi connectivity index (χ0) is 24.1. The lowest BCUT2D eigenvalue weighted by Gasteiger charge is -2.36. The van der Waals surface area contributed by atoms with Gasteiger partial charge >= 0.3 is 6.03 Å². The lowest BCUT2D eigenvalue weighted by Crippen LogP contribution is -2.48. The number of ether oxygens (including phenoxy) is 2. The van der Waals surface area contributed by atoms with E-state index >= 15 is 0 Å². The number of amides is 3. The van der Waals surface area contributed by atoms with Crippen molar-refractivity contribution in [2.75, 3.05) is 55.9 Å². The van der Waals surface area contributed by atoms with Gasteiger partial charge in [-0.1, -0.05) is 35.6 Å². The molecule has 1 fully saturated rings. The number of anilines is 3. The first kappa shape index (κ1) is 23.4. The number of carbonyl (C=O) groups excluding carboxylic acids is 2. The Balaban J connectivity index is 1.37. The molecule has 2 aromatic carbocycles. The van der Waals surface area contributed by atoms with Crippen LogP contribution in [0.15, 0.2) is 48.5 Å². The normalized spacial score (nSPS) is 13.4. The lowest BCUT2D eigenvalue weighted by atomic mass is 10.2. The van der Waals surface area contributed by atoms with Gasteiger partial charge in [-0.3, -0.25) is 10.1 Å². The minimum atomic E-state index is -0.456. The highest BCUT2D eigenvalue weighted by molar-refractivity contribution is 7.17. The van der Waals surface area contributed by atoms with Gasteiger partial charge in [0, 0.05) is 26.2 Å². The van der Waals surface area contributed by atoms with E-state index in [1.807, 2.05) is 35.2 Å². The molecule has 0 radical (unpaired) electrons. The van der Waals surface area contributed by atoms with Crippen molar-refractivity contribution >= 4 is 39.8 Å². The van der Waals surface area contributed by atoms with Crippen molar-refractivity contribution in [3.63, 3.8) is 0 Å². The second-order valence-electron chi connectivity index (χ2n) is 7.66. The van der Waals surface area contributed by atoms with Crippen LogP contribution in [0, 0.1) is 6.92 Å². The third-order valence-corrected chi connectivity index (χ3v) is 6.62. The number of nitrogens with one attached hydrogen (secondary N) is 2. The van der Waals surface area contributed by atoms with Crippen LogP contribution >= 0.6 is 11.3 Å². The summed E-state index contributed by atoms with van der Waals surface area (Å²) in [6.07, 6.45) is 0. The van der Waals surface area contributed by atoms with Crippen LogP contribution in [0.2, 0.25) is 0 Å². The first-order chi connectivity index (χ1) is 16.5. The van der Waals surface area contributed by atoms with Crippen molar-refractivity contribution in [1.29, 1.82) is 0 Å². The van der Waals surface area contributed by atoms with Gasteiger partial charge < -0.3 is 24.6 Å². The second-order valence-corrected chi connectivity index (χ2v) is 8.66. The molecule has 34 heavy (non-hydrogen) atoms. The number of aromatic nitrogens is 1. The third kappa shape index (κ3) is 5.07. The van der Waals surface area contributed by atoms with E-state index in [-0.39, 0.29) is 5.91 Å². The van der Waals surface area contributed by atoms with Crippen LogP contribution in [0.4, 0.5) is 21.3 Å². The molecule has 4 rings (SSSR count). The minimum absolute atomic E-state index is 0.0761.